The van der Waals surface area contributed by atoms with E-state index >= 15 is 0 Å². The Kier molecular flexibility index (Phi) is 6.54. The molecule has 1 fully saturated rings. The fourth-order valence-corrected chi connectivity index (χ4v) is 5.30. The summed E-state index contributed by atoms with van der Waals surface area (Å²) in [5, 5.41) is 16.2. The standard InChI is InChI=1S/C28H30FN9O2/c1-16-12-38(13-17(2)31-16)24-6-5-21(27(39)32-20-9-18-14-37(4)35-25(18)23(29)10-20)26-22(24)11-30-28(33-26)40-15-19-7-8-36(3)34-19/h5-11,14,16-17,31H,12-13,15H2,1-4H3,(H,32,39). The molecular weight excluding hydrogens is 513 g/mol. The monoisotopic (exact) mass is 543 g/mol. The van der Waals surface area contributed by atoms with Gasteiger partial charge < -0.3 is 20.3 Å². The smallest absolute Gasteiger partial charge is 0.317 e. The second kappa shape index (κ2) is 10.2. The van der Waals surface area contributed by atoms with Gasteiger partial charge in [0, 0.05) is 80.0 Å². The Morgan fingerprint density at radius 1 is 1.10 bits per heavy atom. The third-order valence-corrected chi connectivity index (χ3v) is 6.90. The molecule has 206 valence electrons. The minimum atomic E-state index is -0.511. The Morgan fingerprint density at radius 2 is 1.90 bits per heavy atom. The van der Waals surface area contributed by atoms with Crippen molar-refractivity contribution < 1.29 is 13.9 Å². The van der Waals surface area contributed by atoms with E-state index in [1.807, 2.05) is 25.4 Å². The van der Waals surface area contributed by atoms with Crippen LogP contribution in [0.5, 0.6) is 6.01 Å². The van der Waals surface area contributed by atoms with Gasteiger partial charge in [0.1, 0.15) is 12.1 Å². The zero-order valence-electron chi connectivity index (χ0n) is 22.7. The maximum atomic E-state index is 14.7. The summed E-state index contributed by atoms with van der Waals surface area (Å²) in [6.45, 7) is 6.07. The fourth-order valence-electron chi connectivity index (χ4n) is 5.30. The normalized spacial score (nSPS) is 17.5. The molecule has 1 aliphatic rings. The quantitative estimate of drug-likeness (QED) is 0.335. The highest BCUT2D eigenvalue weighted by Gasteiger charge is 2.25. The Hall–Kier alpha value is -4.58. The first kappa shape index (κ1) is 25.7. The minimum Gasteiger partial charge on any atom is -0.457 e. The molecule has 0 spiro atoms. The average molecular weight is 544 g/mol. The van der Waals surface area contributed by atoms with E-state index in [-0.39, 0.29) is 18.1 Å². The number of nitrogens with one attached hydrogen (secondary N) is 2. The van der Waals surface area contributed by atoms with E-state index in [1.165, 1.54) is 10.7 Å². The lowest BCUT2D eigenvalue weighted by molar-refractivity contribution is 0.102. The van der Waals surface area contributed by atoms with E-state index in [9.17, 15) is 9.18 Å². The Morgan fingerprint density at radius 3 is 2.65 bits per heavy atom. The van der Waals surface area contributed by atoms with Crippen LogP contribution in [0.15, 0.2) is 48.9 Å². The Balaban J connectivity index is 1.37. The first-order valence-corrected chi connectivity index (χ1v) is 13.1. The highest BCUT2D eigenvalue weighted by Crippen LogP contribution is 2.31. The molecular formula is C28H30FN9O2. The van der Waals surface area contributed by atoms with Gasteiger partial charge in [0.05, 0.1) is 16.8 Å². The van der Waals surface area contributed by atoms with Gasteiger partial charge in [0.15, 0.2) is 5.82 Å². The van der Waals surface area contributed by atoms with Gasteiger partial charge >= 0.3 is 6.01 Å². The molecule has 11 nitrogen and oxygen atoms in total. The Labute approximate surface area is 230 Å². The zero-order chi connectivity index (χ0) is 28.0. The van der Waals surface area contributed by atoms with Crippen molar-refractivity contribution in [1.82, 2.24) is 34.8 Å². The summed E-state index contributed by atoms with van der Waals surface area (Å²) in [4.78, 5) is 25.0. The molecule has 5 aromatic rings. The van der Waals surface area contributed by atoms with Gasteiger partial charge in [-0.25, -0.2) is 9.37 Å². The number of halogens is 1. The van der Waals surface area contributed by atoms with Crippen molar-refractivity contribution in [3.05, 3.63) is 66.0 Å². The number of aromatic nitrogens is 6. The molecule has 4 heterocycles. The van der Waals surface area contributed by atoms with Gasteiger partial charge in [0.2, 0.25) is 0 Å². The predicted octanol–water partition coefficient (Wildman–Crippen LogP) is 3.41. The van der Waals surface area contributed by atoms with Gasteiger partial charge in [-0.15, -0.1) is 0 Å². The third-order valence-electron chi connectivity index (χ3n) is 6.90. The second-order valence-corrected chi connectivity index (χ2v) is 10.3. The van der Waals surface area contributed by atoms with E-state index in [0.717, 1.165) is 29.9 Å². The summed E-state index contributed by atoms with van der Waals surface area (Å²) in [6, 6.07) is 9.20. The van der Waals surface area contributed by atoms with Crippen LogP contribution in [0.4, 0.5) is 15.8 Å². The maximum Gasteiger partial charge on any atom is 0.317 e. The first-order chi connectivity index (χ1) is 19.2. The van der Waals surface area contributed by atoms with Gasteiger partial charge in [-0.1, -0.05) is 0 Å². The number of benzene rings is 2. The van der Waals surface area contributed by atoms with E-state index in [1.54, 1.807) is 36.3 Å². The summed E-state index contributed by atoms with van der Waals surface area (Å²) in [5.74, 6) is -0.932. The number of rotatable bonds is 6. The zero-order valence-corrected chi connectivity index (χ0v) is 22.7. The summed E-state index contributed by atoms with van der Waals surface area (Å²) in [5.41, 5.74) is 3.01. The molecule has 2 N–H and O–H groups in total. The molecule has 0 radical (unpaired) electrons. The van der Waals surface area contributed by atoms with Gasteiger partial charge in [-0.2, -0.15) is 15.2 Å². The summed E-state index contributed by atoms with van der Waals surface area (Å²) >= 11 is 0. The van der Waals surface area contributed by atoms with Crippen LogP contribution in [0.2, 0.25) is 0 Å². The van der Waals surface area contributed by atoms with Crippen LogP contribution >= 0.6 is 0 Å². The fraction of sp³-hybridized carbons (Fsp3) is 0.321. The molecule has 6 rings (SSSR count). The number of fused-ring (bicyclic) bond motifs is 2. The molecule has 0 bridgehead atoms. The summed E-state index contributed by atoms with van der Waals surface area (Å²) in [7, 11) is 3.55. The average Bonchev–Trinajstić information content (AvgIpc) is 3.50. The molecule has 1 saturated heterocycles. The van der Waals surface area contributed by atoms with Crippen molar-refractivity contribution in [3.8, 4) is 6.01 Å². The van der Waals surface area contributed by atoms with Crippen molar-refractivity contribution in [2.75, 3.05) is 23.3 Å². The number of anilines is 2. The lowest BCUT2D eigenvalue weighted by Crippen LogP contribution is -2.54. The van der Waals surface area contributed by atoms with Crippen LogP contribution in [-0.2, 0) is 20.7 Å². The van der Waals surface area contributed by atoms with E-state index in [2.05, 4.69) is 49.5 Å². The molecule has 2 atom stereocenters. The molecule has 40 heavy (non-hydrogen) atoms. The lowest BCUT2D eigenvalue weighted by Gasteiger charge is -2.38. The van der Waals surface area contributed by atoms with Crippen LogP contribution in [0.1, 0.15) is 29.9 Å². The number of carbonyl (C=O) groups is 1. The number of ether oxygens (including phenoxy) is 1. The molecule has 3 aromatic heterocycles. The number of piperazine rings is 1. The number of amides is 1. The largest absolute Gasteiger partial charge is 0.457 e. The molecule has 1 aliphatic heterocycles. The third kappa shape index (κ3) is 5.05. The number of hydrogen-bond donors (Lipinski definition) is 2. The first-order valence-electron chi connectivity index (χ1n) is 13.1. The minimum absolute atomic E-state index is 0.134. The highest BCUT2D eigenvalue weighted by atomic mass is 19.1. The van der Waals surface area contributed by atoms with Gasteiger partial charge in [0.25, 0.3) is 5.91 Å². The van der Waals surface area contributed by atoms with Crippen LogP contribution in [-0.4, -0.2) is 60.6 Å². The van der Waals surface area contributed by atoms with Crippen molar-refractivity contribution in [2.24, 2.45) is 14.1 Å². The van der Waals surface area contributed by atoms with Crippen molar-refractivity contribution in [2.45, 2.75) is 32.5 Å². The van der Waals surface area contributed by atoms with Crippen LogP contribution in [0.3, 0.4) is 0 Å². The molecule has 0 saturated carbocycles. The van der Waals surface area contributed by atoms with Crippen LogP contribution in [0.25, 0.3) is 21.8 Å². The SMILES string of the molecule is CC1CN(c2ccc(C(=O)Nc3cc(F)c4nn(C)cc4c3)c3nc(OCc4ccn(C)n4)ncc23)CC(C)N1. The maximum absolute atomic E-state index is 14.7. The van der Waals surface area contributed by atoms with Gasteiger partial charge in [-0.05, 0) is 44.2 Å². The van der Waals surface area contributed by atoms with Crippen LogP contribution in [0, 0.1) is 5.82 Å². The lowest BCUT2D eigenvalue weighted by atomic mass is 10.0. The number of hydrogen-bond acceptors (Lipinski definition) is 8. The topological polar surface area (TPSA) is 115 Å². The molecule has 2 unspecified atom stereocenters. The molecule has 0 aliphatic carbocycles. The summed E-state index contributed by atoms with van der Waals surface area (Å²) < 4.78 is 23.8. The number of aryl methyl sites for hydroxylation is 2. The second-order valence-electron chi connectivity index (χ2n) is 10.3. The van der Waals surface area contributed by atoms with E-state index in [0.29, 0.717) is 34.2 Å². The Bertz CT molecular complexity index is 1720. The van der Waals surface area contributed by atoms with E-state index < -0.39 is 11.7 Å². The van der Waals surface area contributed by atoms with Gasteiger partial charge in [-0.3, -0.25) is 14.2 Å². The van der Waals surface area contributed by atoms with Crippen molar-refractivity contribution in [3.63, 3.8) is 0 Å². The van der Waals surface area contributed by atoms with Crippen molar-refractivity contribution in [1.29, 1.82) is 0 Å². The molecule has 2 aromatic carbocycles. The summed E-state index contributed by atoms with van der Waals surface area (Å²) in [6.07, 6.45) is 5.23. The van der Waals surface area contributed by atoms with Crippen LogP contribution < -0.4 is 20.3 Å². The van der Waals surface area contributed by atoms with E-state index in [4.69, 9.17) is 4.74 Å². The number of nitrogens with zero attached hydrogens (tertiary/aromatic N) is 7. The highest BCUT2D eigenvalue weighted by molar-refractivity contribution is 6.14. The molecule has 1 amide bonds. The molecule has 12 heteroatoms. The van der Waals surface area contributed by atoms with Crippen molar-refractivity contribution >= 4 is 39.1 Å². The number of carbonyl (C=O) groups excluding carboxylic acids is 1. The predicted molar refractivity (Wildman–Crippen MR) is 150 cm³/mol.